The van der Waals surface area contributed by atoms with E-state index in [9.17, 15) is 30.0 Å². The summed E-state index contributed by atoms with van der Waals surface area (Å²) in [6.07, 6.45) is -4.73. The van der Waals surface area contributed by atoms with Gasteiger partial charge in [0.25, 0.3) is 0 Å². The predicted molar refractivity (Wildman–Crippen MR) is 83.9 cm³/mol. The van der Waals surface area contributed by atoms with E-state index in [0.717, 1.165) is 18.2 Å². The van der Waals surface area contributed by atoms with Gasteiger partial charge in [-0.25, -0.2) is 22.0 Å². The standard InChI is InChI=1S/C14H13F3N2O4S2/c1-8-2-3-10(25(19,22)23)7-13(8)24(20,21)9-4-5-11(12(18)6-9)14(15,16)17/h2-7H,18H2,1H3,(H2,19,22,23). The zero-order chi connectivity index (χ0) is 19.2. The van der Waals surface area contributed by atoms with Crippen molar-refractivity contribution < 1.29 is 30.0 Å². The Morgan fingerprint density at radius 3 is 1.96 bits per heavy atom. The summed E-state index contributed by atoms with van der Waals surface area (Å²) in [5, 5.41) is 4.98. The van der Waals surface area contributed by atoms with Crippen molar-refractivity contribution in [1.82, 2.24) is 0 Å². The van der Waals surface area contributed by atoms with Crippen LogP contribution in [0.3, 0.4) is 0 Å². The molecule has 0 atom stereocenters. The van der Waals surface area contributed by atoms with Crippen LogP contribution in [0.25, 0.3) is 0 Å². The lowest BCUT2D eigenvalue weighted by Crippen LogP contribution is -2.14. The molecule has 0 saturated heterocycles. The number of rotatable bonds is 3. The van der Waals surface area contributed by atoms with Crippen LogP contribution >= 0.6 is 0 Å². The molecule has 2 aromatic rings. The van der Waals surface area contributed by atoms with Crippen LogP contribution in [0.1, 0.15) is 11.1 Å². The van der Waals surface area contributed by atoms with Crippen LogP contribution in [-0.4, -0.2) is 16.8 Å². The van der Waals surface area contributed by atoms with Gasteiger partial charge in [0.05, 0.1) is 20.2 Å². The second kappa shape index (κ2) is 6.00. The molecule has 11 heteroatoms. The normalized spacial score (nSPS) is 13.0. The minimum Gasteiger partial charge on any atom is -0.398 e. The fourth-order valence-electron chi connectivity index (χ4n) is 2.14. The molecular formula is C14H13F3N2O4S2. The molecule has 136 valence electrons. The summed E-state index contributed by atoms with van der Waals surface area (Å²) < 4.78 is 86.4. The third kappa shape index (κ3) is 3.78. The summed E-state index contributed by atoms with van der Waals surface area (Å²) in [5.74, 6) is 0. The lowest BCUT2D eigenvalue weighted by Gasteiger charge is -2.13. The maximum absolute atomic E-state index is 12.7. The third-order valence-corrected chi connectivity index (χ3v) is 6.22. The highest BCUT2D eigenvalue weighted by molar-refractivity contribution is 7.91. The molecule has 0 saturated carbocycles. The number of hydrogen-bond acceptors (Lipinski definition) is 5. The second-order valence-electron chi connectivity index (χ2n) is 5.22. The van der Waals surface area contributed by atoms with Crippen molar-refractivity contribution in [3.63, 3.8) is 0 Å². The molecule has 0 aliphatic carbocycles. The van der Waals surface area contributed by atoms with Crippen molar-refractivity contribution in [3.8, 4) is 0 Å². The van der Waals surface area contributed by atoms with Gasteiger partial charge in [-0.2, -0.15) is 13.2 Å². The number of hydrogen-bond donors (Lipinski definition) is 2. The Morgan fingerprint density at radius 2 is 1.48 bits per heavy atom. The molecule has 0 fully saturated rings. The molecule has 0 bridgehead atoms. The van der Waals surface area contributed by atoms with E-state index in [1.807, 2.05) is 0 Å². The average Bonchev–Trinajstić information content (AvgIpc) is 2.44. The zero-order valence-electron chi connectivity index (χ0n) is 12.7. The highest BCUT2D eigenvalue weighted by atomic mass is 32.2. The van der Waals surface area contributed by atoms with Gasteiger partial charge in [0.1, 0.15) is 0 Å². The van der Waals surface area contributed by atoms with Gasteiger partial charge in [0.15, 0.2) is 0 Å². The molecular weight excluding hydrogens is 381 g/mol. The highest BCUT2D eigenvalue weighted by Crippen LogP contribution is 2.36. The Labute approximate surface area is 142 Å². The number of benzene rings is 2. The molecule has 25 heavy (non-hydrogen) atoms. The van der Waals surface area contributed by atoms with Crippen LogP contribution in [0.15, 0.2) is 51.1 Å². The molecule has 4 N–H and O–H groups in total. The number of anilines is 1. The molecule has 2 rings (SSSR count). The van der Waals surface area contributed by atoms with E-state index in [-0.39, 0.29) is 5.56 Å². The molecule has 0 aromatic heterocycles. The van der Waals surface area contributed by atoms with Gasteiger partial charge >= 0.3 is 6.18 Å². The Bertz CT molecular complexity index is 1050. The number of sulfone groups is 1. The number of primary sulfonamides is 1. The van der Waals surface area contributed by atoms with Crippen LogP contribution in [-0.2, 0) is 26.0 Å². The Kier molecular flexibility index (Phi) is 4.61. The second-order valence-corrected chi connectivity index (χ2v) is 8.70. The number of halogens is 3. The molecule has 0 radical (unpaired) electrons. The van der Waals surface area contributed by atoms with Crippen LogP contribution in [0.5, 0.6) is 0 Å². The summed E-state index contributed by atoms with van der Waals surface area (Å²) in [6.45, 7) is 1.41. The van der Waals surface area contributed by atoms with Crippen molar-refractivity contribution in [3.05, 3.63) is 47.5 Å². The number of aryl methyl sites for hydroxylation is 1. The van der Waals surface area contributed by atoms with E-state index in [1.54, 1.807) is 0 Å². The SMILES string of the molecule is Cc1ccc(S(N)(=O)=O)cc1S(=O)(=O)c1ccc(C(F)(F)F)c(N)c1. The monoisotopic (exact) mass is 394 g/mol. The number of sulfonamides is 1. The predicted octanol–water partition coefficient (Wildman–Crippen LogP) is 2.08. The van der Waals surface area contributed by atoms with Gasteiger partial charge < -0.3 is 5.73 Å². The summed E-state index contributed by atoms with van der Waals surface area (Å²) in [5.41, 5.74) is 3.60. The van der Waals surface area contributed by atoms with Gasteiger partial charge in [-0.3, -0.25) is 0 Å². The molecule has 0 heterocycles. The fraction of sp³-hybridized carbons (Fsp3) is 0.143. The first-order chi connectivity index (χ1) is 11.2. The molecule has 0 aliphatic rings. The largest absolute Gasteiger partial charge is 0.418 e. The molecule has 2 aromatic carbocycles. The molecule has 0 aliphatic heterocycles. The number of alkyl halides is 3. The minimum atomic E-state index is -4.73. The molecule has 0 unspecified atom stereocenters. The first-order valence-corrected chi connectivity index (χ1v) is 9.63. The lowest BCUT2D eigenvalue weighted by molar-refractivity contribution is -0.136. The van der Waals surface area contributed by atoms with Crippen molar-refractivity contribution in [1.29, 1.82) is 0 Å². The quantitative estimate of drug-likeness (QED) is 0.772. The van der Waals surface area contributed by atoms with Gasteiger partial charge in [0.2, 0.25) is 19.9 Å². The highest BCUT2D eigenvalue weighted by Gasteiger charge is 2.34. The van der Waals surface area contributed by atoms with Crippen molar-refractivity contribution in [2.45, 2.75) is 27.8 Å². The van der Waals surface area contributed by atoms with Crippen molar-refractivity contribution in [2.24, 2.45) is 5.14 Å². The van der Waals surface area contributed by atoms with E-state index in [0.29, 0.717) is 12.1 Å². The van der Waals surface area contributed by atoms with Crippen LogP contribution in [0, 0.1) is 6.92 Å². The number of nitrogen functional groups attached to an aromatic ring is 1. The topological polar surface area (TPSA) is 120 Å². The van der Waals surface area contributed by atoms with E-state index in [1.165, 1.54) is 13.0 Å². The lowest BCUT2D eigenvalue weighted by atomic mass is 10.2. The Morgan fingerprint density at radius 1 is 0.920 bits per heavy atom. The van der Waals surface area contributed by atoms with Crippen molar-refractivity contribution >= 4 is 25.5 Å². The van der Waals surface area contributed by atoms with Crippen molar-refractivity contribution in [2.75, 3.05) is 5.73 Å². The first kappa shape index (κ1) is 19.2. The summed E-state index contributed by atoms with van der Waals surface area (Å²) >= 11 is 0. The molecule has 0 amide bonds. The average molecular weight is 394 g/mol. The Hall–Kier alpha value is -2.11. The minimum absolute atomic E-state index is 0.200. The molecule has 6 nitrogen and oxygen atoms in total. The zero-order valence-corrected chi connectivity index (χ0v) is 14.3. The van der Waals surface area contributed by atoms with Gasteiger partial charge in [-0.15, -0.1) is 0 Å². The maximum atomic E-state index is 12.7. The van der Waals surface area contributed by atoms with Gasteiger partial charge in [0, 0.05) is 5.69 Å². The fourth-order valence-corrected chi connectivity index (χ4v) is 4.31. The third-order valence-electron chi connectivity index (χ3n) is 3.42. The maximum Gasteiger partial charge on any atom is 0.418 e. The first-order valence-electron chi connectivity index (χ1n) is 6.60. The number of nitrogens with two attached hydrogens (primary N) is 2. The summed E-state index contributed by atoms with van der Waals surface area (Å²) in [6, 6.07) is 5.22. The van der Waals surface area contributed by atoms with E-state index in [2.05, 4.69) is 0 Å². The van der Waals surface area contributed by atoms with E-state index in [4.69, 9.17) is 10.9 Å². The summed E-state index contributed by atoms with van der Waals surface area (Å²) in [7, 11) is -8.46. The van der Waals surface area contributed by atoms with Crippen LogP contribution < -0.4 is 10.9 Å². The summed E-state index contributed by atoms with van der Waals surface area (Å²) in [4.78, 5) is -1.32. The van der Waals surface area contributed by atoms with E-state index < -0.39 is 52.0 Å². The molecule has 0 spiro atoms. The van der Waals surface area contributed by atoms with Crippen LogP contribution in [0.4, 0.5) is 18.9 Å². The van der Waals surface area contributed by atoms with E-state index >= 15 is 0 Å². The van der Waals surface area contributed by atoms with Gasteiger partial charge in [-0.1, -0.05) is 6.07 Å². The smallest absolute Gasteiger partial charge is 0.398 e. The van der Waals surface area contributed by atoms with Crippen LogP contribution in [0.2, 0.25) is 0 Å². The van der Waals surface area contributed by atoms with Gasteiger partial charge in [-0.05, 0) is 42.8 Å². The Balaban J connectivity index is 2.66.